The number of rotatable bonds is 4. The van der Waals surface area contributed by atoms with Crippen molar-refractivity contribution in [3.05, 3.63) is 28.7 Å². The normalized spacial score (nSPS) is 12.5. The lowest BCUT2D eigenvalue weighted by Gasteiger charge is -2.16. The highest BCUT2D eigenvalue weighted by atomic mass is 127. The summed E-state index contributed by atoms with van der Waals surface area (Å²) in [7, 11) is 1.64. The van der Waals surface area contributed by atoms with E-state index >= 15 is 0 Å². The Kier molecular flexibility index (Phi) is 8.32. The second kappa shape index (κ2) is 8.57. The van der Waals surface area contributed by atoms with E-state index in [4.69, 9.17) is 10.5 Å². The SMILES string of the molecule is CN=C(N)NCC(C)Oc1ccccc1Br.I. The Labute approximate surface area is 127 Å². The maximum Gasteiger partial charge on any atom is 0.188 e. The number of hydrogen-bond donors (Lipinski definition) is 2. The number of para-hydroxylation sites is 1. The minimum Gasteiger partial charge on any atom is -0.488 e. The largest absolute Gasteiger partial charge is 0.488 e. The summed E-state index contributed by atoms with van der Waals surface area (Å²) in [6, 6.07) is 7.74. The van der Waals surface area contributed by atoms with Crippen LogP contribution in [0.5, 0.6) is 5.75 Å². The summed E-state index contributed by atoms with van der Waals surface area (Å²) < 4.78 is 6.66. The quantitative estimate of drug-likeness (QED) is 0.452. The number of guanidine groups is 1. The molecule has 1 aromatic carbocycles. The van der Waals surface area contributed by atoms with Crippen molar-refractivity contribution in [1.29, 1.82) is 0 Å². The van der Waals surface area contributed by atoms with Crippen molar-refractivity contribution >= 4 is 45.9 Å². The molecular formula is C11H17BrIN3O. The summed E-state index contributed by atoms with van der Waals surface area (Å²) in [5.74, 6) is 1.24. The Bertz CT molecular complexity index is 373. The van der Waals surface area contributed by atoms with E-state index in [-0.39, 0.29) is 30.1 Å². The predicted octanol–water partition coefficient (Wildman–Crippen LogP) is 2.37. The molecule has 0 spiro atoms. The minimum absolute atomic E-state index is 0. The summed E-state index contributed by atoms with van der Waals surface area (Å²) in [6.07, 6.45) is 0.0130. The number of nitrogens with zero attached hydrogens (tertiary/aromatic N) is 1. The van der Waals surface area contributed by atoms with Crippen LogP contribution in [0.2, 0.25) is 0 Å². The van der Waals surface area contributed by atoms with Gasteiger partial charge in [-0.05, 0) is 35.0 Å². The van der Waals surface area contributed by atoms with Crippen molar-refractivity contribution in [2.75, 3.05) is 13.6 Å². The van der Waals surface area contributed by atoms with Gasteiger partial charge in [0.25, 0.3) is 0 Å². The molecule has 0 aromatic heterocycles. The molecule has 0 heterocycles. The van der Waals surface area contributed by atoms with Crippen LogP contribution in [0.1, 0.15) is 6.92 Å². The van der Waals surface area contributed by atoms with E-state index in [9.17, 15) is 0 Å². The maximum absolute atomic E-state index is 5.72. The molecule has 0 bridgehead atoms. The van der Waals surface area contributed by atoms with Crippen molar-refractivity contribution in [2.24, 2.45) is 10.7 Å². The van der Waals surface area contributed by atoms with E-state index in [2.05, 4.69) is 26.2 Å². The van der Waals surface area contributed by atoms with Gasteiger partial charge in [0.05, 0.1) is 11.0 Å². The van der Waals surface area contributed by atoms with Crippen LogP contribution in [-0.4, -0.2) is 25.7 Å². The molecule has 0 saturated carbocycles. The van der Waals surface area contributed by atoms with Gasteiger partial charge in [0.1, 0.15) is 11.9 Å². The van der Waals surface area contributed by atoms with Crippen LogP contribution in [0.4, 0.5) is 0 Å². The summed E-state index contributed by atoms with van der Waals surface area (Å²) in [6.45, 7) is 2.58. The molecule has 1 aromatic rings. The zero-order valence-corrected chi connectivity index (χ0v) is 13.7. The van der Waals surface area contributed by atoms with Crippen LogP contribution in [-0.2, 0) is 0 Å². The standard InChI is InChI=1S/C11H16BrN3O.HI/c1-8(7-15-11(13)14-2)16-10-6-4-3-5-9(10)12;/h3-6,8H,7H2,1-2H3,(H3,13,14,15);1H. The number of aliphatic imine (C=N–C) groups is 1. The van der Waals surface area contributed by atoms with Crippen LogP contribution in [0, 0.1) is 0 Å². The van der Waals surface area contributed by atoms with Gasteiger partial charge in [-0.15, -0.1) is 24.0 Å². The van der Waals surface area contributed by atoms with Gasteiger partial charge in [0.2, 0.25) is 0 Å². The zero-order valence-electron chi connectivity index (χ0n) is 9.81. The highest BCUT2D eigenvalue weighted by molar-refractivity contribution is 14.0. The molecule has 0 saturated heterocycles. The van der Waals surface area contributed by atoms with E-state index in [1.807, 2.05) is 31.2 Å². The molecule has 0 aliphatic rings. The van der Waals surface area contributed by atoms with Gasteiger partial charge in [-0.3, -0.25) is 4.99 Å². The van der Waals surface area contributed by atoms with Crippen molar-refractivity contribution in [2.45, 2.75) is 13.0 Å². The second-order valence-electron chi connectivity index (χ2n) is 3.35. The van der Waals surface area contributed by atoms with E-state index in [1.165, 1.54) is 0 Å². The third-order valence-electron chi connectivity index (χ3n) is 1.98. The lowest BCUT2D eigenvalue weighted by atomic mass is 10.3. The first-order chi connectivity index (χ1) is 7.63. The van der Waals surface area contributed by atoms with Gasteiger partial charge in [0, 0.05) is 7.05 Å². The molecule has 3 N–H and O–H groups in total. The first-order valence-corrected chi connectivity index (χ1v) is 5.80. The second-order valence-corrected chi connectivity index (χ2v) is 4.20. The fourth-order valence-corrected chi connectivity index (χ4v) is 1.50. The van der Waals surface area contributed by atoms with E-state index < -0.39 is 0 Å². The lowest BCUT2D eigenvalue weighted by molar-refractivity contribution is 0.222. The summed E-state index contributed by atoms with van der Waals surface area (Å²) in [4.78, 5) is 3.80. The highest BCUT2D eigenvalue weighted by Gasteiger charge is 2.06. The monoisotopic (exact) mass is 413 g/mol. The number of nitrogens with one attached hydrogen (secondary N) is 1. The third-order valence-corrected chi connectivity index (χ3v) is 2.63. The van der Waals surface area contributed by atoms with Crippen LogP contribution in [0.3, 0.4) is 0 Å². The smallest absolute Gasteiger partial charge is 0.188 e. The number of nitrogens with two attached hydrogens (primary N) is 1. The van der Waals surface area contributed by atoms with Gasteiger partial charge < -0.3 is 15.8 Å². The Morgan fingerprint density at radius 1 is 1.53 bits per heavy atom. The highest BCUT2D eigenvalue weighted by Crippen LogP contribution is 2.24. The Hall–Kier alpha value is -0.500. The first kappa shape index (κ1) is 16.5. The molecule has 1 atom stereocenters. The maximum atomic E-state index is 5.72. The summed E-state index contributed by atoms with van der Waals surface area (Å²) in [5, 5.41) is 2.96. The average molecular weight is 414 g/mol. The lowest BCUT2D eigenvalue weighted by Crippen LogP contribution is -2.38. The zero-order chi connectivity index (χ0) is 12.0. The van der Waals surface area contributed by atoms with Crippen molar-refractivity contribution in [3.63, 3.8) is 0 Å². The first-order valence-electron chi connectivity index (χ1n) is 5.00. The fourth-order valence-electron chi connectivity index (χ4n) is 1.13. The van der Waals surface area contributed by atoms with E-state index in [0.29, 0.717) is 12.5 Å². The Balaban J connectivity index is 0.00000256. The molecule has 1 unspecified atom stereocenters. The van der Waals surface area contributed by atoms with Crippen LogP contribution < -0.4 is 15.8 Å². The van der Waals surface area contributed by atoms with Crippen LogP contribution in [0.25, 0.3) is 0 Å². The molecule has 0 aliphatic heterocycles. The average Bonchev–Trinajstić information content (AvgIpc) is 2.29. The number of hydrogen-bond acceptors (Lipinski definition) is 2. The van der Waals surface area contributed by atoms with Crippen molar-refractivity contribution < 1.29 is 4.74 Å². The Morgan fingerprint density at radius 2 is 2.18 bits per heavy atom. The minimum atomic E-state index is 0. The van der Waals surface area contributed by atoms with E-state index in [1.54, 1.807) is 7.05 Å². The fraction of sp³-hybridized carbons (Fsp3) is 0.364. The summed E-state index contributed by atoms with van der Waals surface area (Å²) >= 11 is 3.42. The molecule has 17 heavy (non-hydrogen) atoms. The van der Waals surface area contributed by atoms with Crippen molar-refractivity contribution in [3.8, 4) is 5.75 Å². The number of benzene rings is 1. The number of halogens is 2. The molecule has 96 valence electrons. The molecule has 0 amide bonds. The molecular weight excluding hydrogens is 397 g/mol. The van der Waals surface area contributed by atoms with Crippen LogP contribution in [0.15, 0.2) is 33.7 Å². The van der Waals surface area contributed by atoms with E-state index in [0.717, 1.165) is 10.2 Å². The van der Waals surface area contributed by atoms with Crippen LogP contribution >= 0.6 is 39.9 Å². The van der Waals surface area contributed by atoms with Gasteiger partial charge in [0.15, 0.2) is 5.96 Å². The third kappa shape index (κ3) is 6.11. The molecule has 0 fully saturated rings. The number of ether oxygens (including phenoxy) is 1. The van der Waals surface area contributed by atoms with Gasteiger partial charge in [-0.25, -0.2) is 0 Å². The van der Waals surface area contributed by atoms with Crippen molar-refractivity contribution in [1.82, 2.24) is 5.32 Å². The molecule has 1 rings (SSSR count). The molecule has 0 radical (unpaired) electrons. The molecule has 4 nitrogen and oxygen atoms in total. The topological polar surface area (TPSA) is 59.6 Å². The van der Waals surface area contributed by atoms with Gasteiger partial charge in [-0.2, -0.15) is 0 Å². The molecule has 6 heteroatoms. The molecule has 0 aliphatic carbocycles. The Morgan fingerprint density at radius 3 is 2.76 bits per heavy atom. The predicted molar refractivity (Wildman–Crippen MR) is 85.2 cm³/mol. The van der Waals surface area contributed by atoms with Gasteiger partial charge >= 0.3 is 0 Å². The summed E-state index contributed by atoms with van der Waals surface area (Å²) in [5.41, 5.74) is 5.52. The van der Waals surface area contributed by atoms with Gasteiger partial charge in [-0.1, -0.05) is 12.1 Å².